The number of aryl methyl sites for hydroxylation is 1. The number of nitrogens with zero attached hydrogens (tertiary/aromatic N) is 3. The summed E-state index contributed by atoms with van der Waals surface area (Å²) in [6.07, 6.45) is 0.621. The summed E-state index contributed by atoms with van der Waals surface area (Å²) in [5, 5.41) is 7.07. The number of nitrogens with one attached hydrogen (secondary N) is 1. The van der Waals surface area contributed by atoms with Crippen LogP contribution in [-0.4, -0.2) is 40.4 Å². The molecule has 3 rings (SSSR count). The number of benzene rings is 2. The second-order valence-corrected chi connectivity index (χ2v) is 6.52. The average molecular weight is 412 g/mol. The molecule has 158 valence electrons. The van der Waals surface area contributed by atoms with Crippen molar-refractivity contribution in [2.75, 3.05) is 19.8 Å². The first-order chi connectivity index (χ1) is 14.5. The molecule has 1 heterocycles. The fourth-order valence-electron chi connectivity index (χ4n) is 2.96. The molecule has 0 aliphatic carbocycles. The van der Waals surface area contributed by atoms with Crippen molar-refractivity contribution in [1.29, 1.82) is 0 Å². The Labute approximate surface area is 174 Å². The summed E-state index contributed by atoms with van der Waals surface area (Å²) >= 11 is 0. The number of amides is 1. The minimum atomic E-state index is -0.366. The van der Waals surface area contributed by atoms with E-state index in [1.807, 2.05) is 32.0 Å². The van der Waals surface area contributed by atoms with E-state index < -0.39 is 0 Å². The fourth-order valence-corrected chi connectivity index (χ4v) is 2.96. The number of carbonyl (C=O) groups excluding carboxylic acids is 1. The highest BCUT2D eigenvalue weighted by atomic mass is 19.1. The van der Waals surface area contributed by atoms with Crippen LogP contribution in [0.15, 0.2) is 42.5 Å². The number of carbonyl (C=O) groups is 1. The standard InChI is InChI=1S/C22H25FN4O3/c1-4-29-19-11-6-16(14-20(19)30-5-2)12-13-24-22(28)21-25-15(3)27(26-21)18-9-7-17(23)8-10-18/h6-11,14H,4-5,12-13H2,1-3H3,(H,24,28). The van der Waals surface area contributed by atoms with Gasteiger partial charge in [-0.05, 0) is 69.2 Å². The van der Waals surface area contributed by atoms with Crippen molar-refractivity contribution < 1.29 is 18.7 Å². The van der Waals surface area contributed by atoms with Gasteiger partial charge in [0.1, 0.15) is 11.6 Å². The quantitative estimate of drug-likeness (QED) is 0.582. The lowest BCUT2D eigenvalue weighted by molar-refractivity contribution is 0.0944. The second-order valence-electron chi connectivity index (χ2n) is 6.52. The molecule has 0 bridgehead atoms. The average Bonchev–Trinajstić information content (AvgIpc) is 3.12. The van der Waals surface area contributed by atoms with Crippen molar-refractivity contribution in [3.63, 3.8) is 0 Å². The van der Waals surface area contributed by atoms with E-state index in [0.29, 0.717) is 49.2 Å². The van der Waals surface area contributed by atoms with E-state index >= 15 is 0 Å². The minimum Gasteiger partial charge on any atom is -0.490 e. The van der Waals surface area contributed by atoms with E-state index in [-0.39, 0.29) is 17.5 Å². The maximum absolute atomic E-state index is 13.1. The van der Waals surface area contributed by atoms with Gasteiger partial charge in [-0.1, -0.05) is 6.07 Å². The van der Waals surface area contributed by atoms with Crippen LogP contribution in [0.3, 0.4) is 0 Å². The third kappa shape index (κ3) is 5.14. The molecule has 0 aliphatic heterocycles. The zero-order chi connectivity index (χ0) is 21.5. The first-order valence-electron chi connectivity index (χ1n) is 9.88. The highest BCUT2D eigenvalue weighted by molar-refractivity contribution is 5.90. The van der Waals surface area contributed by atoms with Crippen molar-refractivity contribution in [3.8, 4) is 17.2 Å². The molecule has 1 N–H and O–H groups in total. The Hall–Kier alpha value is -3.42. The Kier molecular flexibility index (Phi) is 7.00. The van der Waals surface area contributed by atoms with Crippen LogP contribution in [0.25, 0.3) is 5.69 Å². The molecule has 0 spiro atoms. The van der Waals surface area contributed by atoms with Crippen LogP contribution in [0.2, 0.25) is 0 Å². The van der Waals surface area contributed by atoms with Crippen LogP contribution in [0, 0.1) is 12.7 Å². The molecule has 7 nitrogen and oxygen atoms in total. The molecule has 2 aromatic carbocycles. The monoisotopic (exact) mass is 412 g/mol. The normalized spacial score (nSPS) is 10.7. The van der Waals surface area contributed by atoms with E-state index in [0.717, 1.165) is 5.56 Å². The largest absolute Gasteiger partial charge is 0.490 e. The summed E-state index contributed by atoms with van der Waals surface area (Å²) in [6, 6.07) is 11.6. The van der Waals surface area contributed by atoms with E-state index in [1.165, 1.54) is 16.8 Å². The van der Waals surface area contributed by atoms with Crippen molar-refractivity contribution >= 4 is 5.91 Å². The summed E-state index contributed by atoms with van der Waals surface area (Å²) in [5.74, 6) is 1.31. The van der Waals surface area contributed by atoms with Gasteiger partial charge >= 0.3 is 0 Å². The van der Waals surface area contributed by atoms with Crippen LogP contribution < -0.4 is 14.8 Å². The van der Waals surface area contributed by atoms with Gasteiger partial charge in [0.25, 0.3) is 5.91 Å². The van der Waals surface area contributed by atoms with Gasteiger partial charge < -0.3 is 14.8 Å². The summed E-state index contributed by atoms with van der Waals surface area (Å²) in [4.78, 5) is 16.7. The summed E-state index contributed by atoms with van der Waals surface area (Å²) in [6.45, 7) is 7.11. The van der Waals surface area contributed by atoms with E-state index in [9.17, 15) is 9.18 Å². The maximum Gasteiger partial charge on any atom is 0.290 e. The number of aromatic nitrogens is 3. The van der Waals surface area contributed by atoms with E-state index in [1.54, 1.807) is 19.1 Å². The highest BCUT2D eigenvalue weighted by Crippen LogP contribution is 2.28. The first-order valence-corrected chi connectivity index (χ1v) is 9.88. The lowest BCUT2D eigenvalue weighted by atomic mass is 10.1. The minimum absolute atomic E-state index is 0.0681. The van der Waals surface area contributed by atoms with Crippen molar-refractivity contribution in [2.45, 2.75) is 27.2 Å². The van der Waals surface area contributed by atoms with Gasteiger partial charge in [0, 0.05) is 6.54 Å². The van der Waals surface area contributed by atoms with Crippen LogP contribution in [0.4, 0.5) is 4.39 Å². The lowest BCUT2D eigenvalue weighted by Crippen LogP contribution is -2.27. The van der Waals surface area contributed by atoms with Crippen LogP contribution in [0.5, 0.6) is 11.5 Å². The third-order valence-electron chi connectivity index (χ3n) is 4.35. The molecule has 0 aliphatic rings. The molecule has 30 heavy (non-hydrogen) atoms. The molecular weight excluding hydrogens is 387 g/mol. The molecule has 1 amide bonds. The van der Waals surface area contributed by atoms with Crippen molar-refractivity contribution in [1.82, 2.24) is 20.1 Å². The summed E-state index contributed by atoms with van der Waals surface area (Å²) in [7, 11) is 0. The Balaban J connectivity index is 1.62. The zero-order valence-electron chi connectivity index (χ0n) is 17.3. The molecule has 0 saturated carbocycles. The zero-order valence-corrected chi connectivity index (χ0v) is 17.3. The topological polar surface area (TPSA) is 78.3 Å². The molecule has 3 aromatic rings. The highest BCUT2D eigenvalue weighted by Gasteiger charge is 2.15. The Morgan fingerprint density at radius 2 is 1.77 bits per heavy atom. The van der Waals surface area contributed by atoms with Crippen LogP contribution in [0.1, 0.15) is 35.9 Å². The molecule has 0 atom stereocenters. The fraction of sp³-hybridized carbons (Fsp3) is 0.318. The molecular formula is C22H25FN4O3. The van der Waals surface area contributed by atoms with Gasteiger partial charge in [-0.25, -0.2) is 14.1 Å². The maximum atomic E-state index is 13.1. The number of rotatable bonds is 9. The lowest BCUT2D eigenvalue weighted by Gasteiger charge is -2.12. The SMILES string of the molecule is CCOc1ccc(CCNC(=O)c2nc(C)n(-c3ccc(F)cc3)n2)cc1OCC. The molecule has 0 fully saturated rings. The number of halogens is 1. The third-order valence-corrected chi connectivity index (χ3v) is 4.35. The molecule has 8 heteroatoms. The van der Waals surface area contributed by atoms with Gasteiger partial charge in [-0.2, -0.15) is 0 Å². The van der Waals surface area contributed by atoms with Gasteiger partial charge in [-0.15, -0.1) is 5.10 Å². The summed E-state index contributed by atoms with van der Waals surface area (Å²) in [5.41, 5.74) is 1.65. The Bertz CT molecular complexity index is 1000. The number of ether oxygens (including phenoxy) is 2. The van der Waals surface area contributed by atoms with Crippen molar-refractivity contribution in [3.05, 3.63) is 65.5 Å². The smallest absolute Gasteiger partial charge is 0.290 e. The second kappa shape index (κ2) is 9.87. The van der Waals surface area contributed by atoms with Gasteiger partial charge in [0.2, 0.25) is 5.82 Å². The molecule has 0 saturated heterocycles. The van der Waals surface area contributed by atoms with Gasteiger partial charge in [0.15, 0.2) is 11.5 Å². The van der Waals surface area contributed by atoms with Crippen molar-refractivity contribution in [2.24, 2.45) is 0 Å². The predicted octanol–water partition coefficient (Wildman–Crippen LogP) is 3.48. The van der Waals surface area contributed by atoms with Crippen LogP contribution in [-0.2, 0) is 6.42 Å². The summed E-state index contributed by atoms with van der Waals surface area (Å²) < 4.78 is 25.8. The Morgan fingerprint density at radius 1 is 1.07 bits per heavy atom. The molecule has 0 radical (unpaired) electrons. The van der Waals surface area contributed by atoms with E-state index in [4.69, 9.17) is 9.47 Å². The number of hydrogen-bond acceptors (Lipinski definition) is 5. The predicted molar refractivity (Wildman–Crippen MR) is 111 cm³/mol. The van der Waals surface area contributed by atoms with Crippen LogP contribution >= 0.6 is 0 Å². The Morgan fingerprint density at radius 3 is 2.47 bits per heavy atom. The number of hydrogen-bond donors (Lipinski definition) is 1. The van der Waals surface area contributed by atoms with Gasteiger partial charge in [-0.3, -0.25) is 4.79 Å². The molecule has 1 aromatic heterocycles. The first kappa shape index (κ1) is 21.3. The van der Waals surface area contributed by atoms with E-state index in [2.05, 4.69) is 15.4 Å². The van der Waals surface area contributed by atoms with Gasteiger partial charge in [0.05, 0.1) is 18.9 Å². The molecule has 0 unspecified atom stereocenters.